The van der Waals surface area contributed by atoms with Crippen molar-refractivity contribution >= 4 is 9.84 Å². The van der Waals surface area contributed by atoms with Gasteiger partial charge < -0.3 is 4.74 Å². The third kappa shape index (κ3) is 2.87. The molecule has 1 aromatic heterocycles. The maximum Gasteiger partial charge on any atom is 0.184 e. The lowest BCUT2D eigenvalue weighted by Crippen LogP contribution is -2.06. The molecule has 0 unspecified atom stereocenters. The van der Waals surface area contributed by atoms with Gasteiger partial charge in [-0.3, -0.25) is 4.98 Å². The molecule has 0 amide bonds. The number of rotatable bonds is 4. The minimum Gasteiger partial charge on any atom is -0.497 e. The van der Waals surface area contributed by atoms with Gasteiger partial charge in [-0.2, -0.15) is 0 Å². The van der Waals surface area contributed by atoms with Gasteiger partial charge in [0.05, 0.1) is 23.5 Å². The van der Waals surface area contributed by atoms with Crippen LogP contribution in [0, 0.1) is 0 Å². The van der Waals surface area contributed by atoms with Crippen LogP contribution < -0.4 is 4.74 Å². The minimum absolute atomic E-state index is 0.110. The Morgan fingerprint density at radius 3 is 2.67 bits per heavy atom. The highest BCUT2D eigenvalue weighted by atomic mass is 32.2. The van der Waals surface area contributed by atoms with E-state index in [4.69, 9.17) is 4.74 Å². The molecule has 0 aliphatic heterocycles. The molecule has 18 heavy (non-hydrogen) atoms. The smallest absolute Gasteiger partial charge is 0.184 e. The molecule has 94 valence electrons. The van der Waals surface area contributed by atoms with Gasteiger partial charge in [-0.05, 0) is 30.3 Å². The van der Waals surface area contributed by atoms with Crippen LogP contribution in [0.25, 0.3) is 0 Å². The van der Waals surface area contributed by atoms with Gasteiger partial charge in [0, 0.05) is 6.20 Å². The predicted molar refractivity (Wildman–Crippen MR) is 68.1 cm³/mol. The Hall–Kier alpha value is -1.88. The van der Waals surface area contributed by atoms with Crippen molar-refractivity contribution in [3.63, 3.8) is 0 Å². The van der Waals surface area contributed by atoms with Crippen LogP contribution in [0.5, 0.6) is 5.75 Å². The number of methoxy groups -OCH3 is 1. The van der Waals surface area contributed by atoms with E-state index in [0.29, 0.717) is 11.4 Å². The molecule has 4 nitrogen and oxygen atoms in total. The van der Waals surface area contributed by atoms with Crippen LogP contribution in [-0.4, -0.2) is 20.5 Å². The number of ether oxygens (including phenoxy) is 1. The molecule has 2 rings (SSSR count). The lowest BCUT2D eigenvalue weighted by molar-refractivity contribution is 0.413. The van der Waals surface area contributed by atoms with Crippen LogP contribution in [0.3, 0.4) is 0 Å². The van der Waals surface area contributed by atoms with Crippen LogP contribution in [0.15, 0.2) is 53.6 Å². The van der Waals surface area contributed by atoms with E-state index in [2.05, 4.69) is 4.98 Å². The number of aromatic nitrogens is 1. The second-order valence-corrected chi connectivity index (χ2v) is 5.75. The number of sulfone groups is 1. The zero-order valence-electron chi connectivity index (χ0n) is 9.91. The summed E-state index contributed by atoms with van der Waals surface area (Å²) >= 11 is 0. The van der Waals surface area contributed by atoms with Crippen LogP contribution in [0.1, 0.15) is 5.69 Å². The highest BCUT2D eigenvalue weighted by Gasteiger charge is 2.16. The summed E-state index contributed by atoms with van der Waals surface area (Å²) in [5, 5.41) is 0. The molecule has 0 aliphatic carbocycles. The van der Waals surface area contributed by atoms with Crippen molar-refractivity contribution in [1.82, 2.24) is 4.98 Å². The summed E-state index contributed by atoms with van der Waals surface area (Å²) in [7, 11) is -1.88. The summed E-state index contributed by atoms with van der Waals surface area (Å²) in [6.07, 6.45) is 1.58. The van der Waals surface area contributed by atoms with Crippen molar-refractivity contribution in [3.05, 3.63) is 54.4 Å². The SMILES string of the molecule is COc1cccc(S(=O)(=O)Cc2ccccn2)c1. The lowest BCUT2D eigenvalue weighted by Gasteiger charge is -2.06. The van der Waals surface area contributed by atoms with E-state index in [-0.39, 0.29) is 10.6 Å². The Bertz CT molecular complexity index is 624. The van der Waals surface area contributed by atoms with Gasteiger partial charge in [-0.15, -0.1) is 0 Å². The molecule has 0 N–H and O–H groups in total. The van der Waals surface area contributed by atoms with E-state index in [9.17, 15) is 8.42 Å². The normalized spacial score (nSPS) is 11.2. The molecule has 1 heterocycles. The van der Waals surface area contributed by atoms with Gasteiger partial charge in [0.1, 0.15) is 5.75 Å². The molecule has 0 bridgehead atoms. The molecule has 0 fully saturated rings. The summed E-state index contributed by atoms with van der Waals surface area (Å²) in [5.41, 5.74) is 0.528. The fourth-order valence-corrected chi connectivity index (χ4v) is 2.86. The maximum atomic E-state index is 12.2. The Morgan fingerprint density at radius 1 is 1.17 bits per heavy atom. The first-order valence-electron chi connectivity index (χ1n) is 5.38. The molecule has 5 heteroatoms. The van der Waals surface area contributed by atoms with Crippen molar-refractivity contribution in [1.29, 1.82) is 0 Å². The van der Waals surface area contributed by atoms with Crippen molar-refractivity contribution in [2.75, 3.05) is 7.11 Å². The van der Waals surface area contributed by atoms with Gasteiger partial charge in [0.25, 0.3) is 0 Å². The minimum atomic E-state index is -3.39. The fraction of sp³-hybridized carbons (Fsp3) is 0.154. The molecule has 0 atom stereocenters. The van der Waals surface area contributed by atoms with Crippen molar-refractivity contribution in [3.8, 4) is 5.75 Å². The van der Waals surface area contributed by atoms with Crippen molar-refractivity contribution < 1.29 is 13.2 Å². The third-order valence-electron chi connectivity index (χ3n) is 2.46. The topological polar surface area (TPSA) is 56.3 Å². The first-order chi connectivity index (χ1) is 8.62. The number of pyridine rings is 1. The van der Waals surface area contributed by atoms with Gasteiger partial charge in [-0.25, -0.2) is 8.42 Å². The first-order valence-corrected chi connectivity index (χ1v) is 7.04. The van der Waals surface area contributed by atoms with Gasteiger partial charge in [-0.1, -0.05) is 12.1 Å². The Kier molecular flexibility index (Phi) is 3.62. The van der Waals surface area contributed by atoms with Crippen LogP contribution in [0.2, 0.25) is 0 Å². The summed E-state index contributed by atoms with van der Waals surface area (Å²) < 4.78 is 29.4. The third-order valence-corrected chi connectivity index (χ3v) is 4.11. The number of benzene rings is 1. The van der Waals surface area contributed by atoms with E-state index in [1.807, 2.05) is 0 Å². The molecule has 0 saturated heterocycles. The highest BCUT2D eigenvalue weighted by Crippen LogP contribution is 2.20. The first kappa shape index (κ1) is 12.6. The van der Waals surface area contributed by atoms with Gasteiger partial charge in [0.2, 0.25) is 0 Å². The van der Waals surface area contributed by atoms with Crippen molar-refractivity contribution in [2.24, 2.45) is 0 Å². The number of hydrogen-bond acceptors (Lipinski definition) is 4. The summed E-state index contributed by atoms with van der Waals surface area (Å²) in [6, 6.07) is 11.6. The quantitative estimate of drug-likeness (QED) is 0.847. The zero-order chi connectivity index (χ0) is 13.0. The fourth-order valence-electron chi connectivity index (χ4n) is 1.56. The van der Waals surface area contributed by atoms with Gasteiger partial charge in [0.15, 0.2) is 9.84 Å². The van der Waals surface area contributed by atoms with E-state index >= 15 is 0 Å². The average molecular weight is 263 g/mol. The Morgan fingerprint density at radius 2 is 2.00 bits per heavy atom. The monoisotopic (exact) mass is 263 g/mol. The molecule has 0 radical (unpaired) electrons. The summed E-state index contributed by atoms with van der Waals surface area (Å²) in [5.74, 6) is 0.415. The average Bonchev–Trinajstić information content (AvgIpc) is 2.39. The molecule has 1 aromatic carbocycles. The standard InChI is InChI=1S/C13H13NO3S/c1-17-12-6-4-7-13(9-12)18(15,16)10-11-5-2-3-8-14-11/h2-9H,10H2,1H3. The maximum absolute atomic E-state index is 12.2. The molecular weight excluding hydrogens is 250 g/mol. The molecular formula is C13H13NO3S. The predicted octanol–water partition coefficient (Wildman–Crippen LogP) is 2.06. The second kappa shape index (κ2) is 5.18. The Balaban J connectivity index is 2.31. The lowest BCUT2D eigenvalue weighted by atomic mass is 10.3. The second-order valence-electron chi connectivity index (χ2n) is 3.76. The van der Waals surface area contributed by atoms with E-state index in [0.717, 1.165) is 0 Å². The zero-order valence-corrected chi connectivity index (χ0v) is 10.7. The molecule has 0 spiro atoms. The van der Waals surface area contributed by atoms with E-state index in [1.165, 1.54) is 13.2 Å². The van der Waals surface area contributed by atoms with Crippen molar-refractivity contribution in [2.45, 2.75) is 10.6 Å². The molecule has 0 saturated carbocycles. The highest BCUT2D eigenvalue weighted by molar-refractivity contribution is 7.90. The summed E-state index contributed by atoms with van der Waals surface area (Å²) in [6.45, 7) is 0. The van der Waals surface area contributed by atoms with Gasteiger partial charge >= 0.3 is 0 Å². The number of hydrogen-bond donors (Lipinski definition) is 0. The Labute approximate surface area is 106 Å². The molecule has 2 aromatic rings. The van der Waals surface area contributed by atoms with E-state index < -0.39 is 9.84 Å². The van der Waals surface area contributed by atoms with Crippen LogP contribution in [-0.2, 0) is 15.6 Å². The van der Waals surface area contributed by atoms with Crippen LogP contribution >= 0.6 is 0 Å². The van der Waals surface area contributed by atoms with E-state index in [1.54, 1.807) is 42.6 Å². The largest absolute Gasteiger partial charge is 0.497 e. The summed E-state index contributed by atoms with van der Waals surface area (Å²) in [4.78, 5) is 4.26. The van der Waals surface area contributed by atoms with Crippen LogP contribution in [0.4, 0.5) is 0 Å². The molecule has 0 aliphatic rings. The number of nitrogens with zero attached hydrogens (tertiary/aromatic N) is 1.